The minimum atomic E-state index is -0.195. The highest BCUT2D eigenvalue weighted by Crippen LogP contribution is 2.20. The number of furan rings is 1. The Kier molecular flexibility index (Phi) is 6.58. The highest BCUT2D eigenvalue weighted by Gasteiger charge is 2.22. The Balaban J connectivity index is 1.44. The van der Waals surface area contributed by atoms with E-state index in [1.165, 1.54) is 6.08 Å². The summed E-state index contributed by atoms with van der Waals surface area (Å²) in [4.78, 5) is 26.3. The Morgan fingerprint density at radius 1 is 1.19 bits per heavy atom. The van der Waals surface area contributed by atoms with Gasteiger partial charge in [-0.3, -0.25) is 9.59 Å². The van der Waals surface area contributed by atoms with Crippen molar-refractivity contribution >= 4 is 41.1 Å². The van der Waals surface area contributed by atoms with Gasteiger partial charge < -0.3 is 14.6 Å². The van der Waals surface area contributed by atoms with Crippen molar-refractivity contribution in [1.82, 2.24) is 10.2 Å². The molecule has 0 saturated carbocycles. The first-order chi connectivity index (χ1) is 13.0. The molecule has 3 rings (SSSR count). The van der Waals surface area contributed by atoms with Crippen LogP contribution >= 0.6 is 23.2 Å². The third-order valence-electron chi connectivity index (χ3n) is 4.54. The van der Waals surface area contributed by atoms with Gasteiger partial charge in [-0.05, 0) is 55.2 Å². The van der Waals surface area contributed by atoms with Gasteiger partial charge in [0.05, 0.1) is 6.26 Å². The predicted octanol–water partition coefficient (Wildman–Crippen LogP) is 4.27. The van der Waals surface area contributed by atoms with Gasteiger partial charge in [-0.1, -0.05) is 23.2 Å². The number of carbonyl (C=O) groups excluding carboxylic acids is 2. The van der Waals surface area contributed by atoms with Gasteiger partial charge in [0.25, 0.3) is 5.91 Å². The van der Waals surface area contributed by atoms with Crippen molar-refractivity contribution < 1.29 is 14.0 Å². The van der Waals surface area contributed by atoms with Crippen molar-refractivity contribution in [2.45, 2.75) is 12.8 Å². The van der Waals surface area contributed by atoms with Crippen molar-refractivity contribution in [2.24, 2.45) is 5.92 Å². The molecule has 1 saturated heterocycles. The monoisotopic (exact) mass is 406 g/mol. The number of halogens is 2. The van der Waals surface area contributed by atoms with E-state index in [1.807, 2.05) is 4.90 Å². The minimum absolute atomic E-state index is 0.0255. The Labute approximate surface area is 167 Å². The summed E-state index contributed by atoms with van der Waals surface area (Å²) in [5.74, 6) is 0.769. The highest BCUT2D eigenvalue weighted by atomic mass is 35.5. The number of carbonyl (C=O) groups is 2. The van der Waals surface area contributed by atoms with E-state index in [2.05, 4.69) is 5.32 Å². The third-order valence-corrected chi connectivity index (χ3v) is 4.97. The number of benzene rings is 1. The van der Waals surface area contributed by atoms with E-state index in [9.17, 15) is 9.59 Å². The van der Waals surface area contributed by atoms with Crippen molar-refractivity contribution in [3.05, 3.63) is 64.0 Å². The second-order valence-corrected chi connectivity index (χ2v) is 7.36. The first-order valence-corrected chi connectivity index (χ1v) is 9.51. The van der Waals surface area contributed by atoms with E-state index < -0.39 is 0 Å². The lowest BCUT2D eigenvalue weighted by Gasteiger charge is -2.31. The molecule has 1 aromatic carbocycles. The quantitative estimate of drug-likeness (QED) is 0.754. The Morgan fingerprint density at radius 3 is 2.52 bits per heavy atom. The average Bonchev–Trinajstić information content (AvgIpc) is 3.17. The molecule has 142 valence electrons. The maximum Gasteiger partial charge on any atom is 0.251 e. The molecule has 1 aliphatic rings. The van der Waals surface area contributed by atoms with Gasteiger partial charge in [0.2, 0.25) is 5.91 Å². The molecule has 7 heteroatoms. The van der Waals surface area contributed by atoms with Crippen molar-refractivity contribution in [2.75, 3.05) is 19.6 Å². The zero-order valence-electron chi connectivity index (χ0n) is 14.7. The molecule has 0 spiro atoms. The first-order valence-electron chi connectivity index (χ1n) is 8.76. The summed E-state index contributed by atoms with van der Waals surface area (Å²) in [7, 11) is 0. The number of hydrogen-bond acceptors (Lipinski definition) is 3. The van der Waals surface area contributed by atoms with Gasteiger partial charge in [-0.25, -0.2) is 0 Å². The number of hydrogen-bond donors (Lipinski definition) is 1. The fourth-order valence-electron chi connectivity index (χ4n) is 3.03. The minimum Gasteiger partial charge on any atom is -0.465 e. The highest BCUT2D eigenvalue weighted by molar-refractivity contribution is 6.35. The van der Waals surface area contributed by atoms with E-state index in [4.69, 9.17) is 27.6 Å². The molecule has 2 aromatic rings. The molecule has 1 fully saturated rings. The molecule has 2 amide bonds. The molecular weight excluding hydrogens is 387 g/mol. The maximum absolute atomic E-state index is 12.3. The largest absolute Gasteiger partial charge is 0.465 e. The van der Waals surface area contributed by atoms with Gasteiger partial charge in [-0.2, -0.15) is 0 Å². The molecule has 0 unspecified atom stereocenters. The Bertz CT molecular complexity index is 806. The zero-order chi connectivity index (χ0) is 19.2. The number of nitrogens with one attached hydrogen (secondary N) is 1. The van der Waals surface area contributed by atoms with Crippen molar-refractivity contribution in [3.63, 3.8) is 0 Å². The van der Waals surface area contributed by atoms with Crippen LogP contribution in [0.15, 0.2) is 47.1 Å². The van der Waals surface area contributed by atoms with Crippen molar-refractivity contribution in [3.8, 4) is 0 Å². The second-order valence-electron chi connectivity index (χ2n) is 6.49. The summed E-state index contributed by atoms with van der Waals surface area (Å²) in [5.41, 5.74) is 0.447. The number of amides is 2. The summed E-state index contributed by atoms with van der Waals surface area (Å²) in [6.07, 6.45) is 6.46. The second kappa shape index (κ2) is 9.11. The van der Waals surface area contributed by atoms with Crippen LogP contribution in [0.25, 0.3) is 6.08 Å². The normalized spacial score (nSPS) is 15.3. The lowest BCUT2D eigenvalue weighted by Crippen LogP contribution is -2.41. The number of rotatable bonds is 5. The molecule has 1 N–H and O–H groups in total. The van der Waals surface area contributed by atoms with Gasteiger partial charge in [0.15, 0.2) is 0 Å². The summed E-state index contributed by atoms with van der Waals surface area (Å²) in [6, 6.07) is 8.35. The molecule has 27 heavy (non-hydrogen) atoms. The molecule has 1 aliphatic heterocycles. The Morgan fingerprint density at radius 2 is 1.89 bits per heavy atom. The molecule has 0 atom stereocenters. The molecule has 5 nitrogen and oxygen atoms in total. The van der Waals surface area contributed by atoms with E-state index >= 15 is 0 Å². The van der Waals surface area contributed by atoms with Crippen LogP contribution in [0.2, 0.25) is 10.0 Å². The molecule has 0 radical (unpaired) electrons. The van der Waals surface area contributed by atoms with Crippen LogP contribution in [0.4, 0.5) is 0 Å². The van der Waals surface area contributed by atoms with Gasteiger partial charge in [0, 0.05) is 41.3 Å². The summed E-state index contributed by atoms with van der Waals surface area (Å²) in [5, 5.41) is 3.79. The lowest BCUT2D eigenvalue weighted by molar-refractivity contribution is -0.127. The topological polar surface area (TPSA) is 62.6 Å². The standard InChI is InChI=1S/C20H20Cl2N2O3/c21-16-10-15(11-17(22)12-16)20(26)23-13-14-5-7-24(8-6-14)19(25)4-3-18-2-1-9-27-18/h1-4,9-12,14H,5-8,13H2,(H,23,26)/b4-3+. The van der Waals surface area contributed by atoms with E-state index in [0.717, 1.165) is 12.8 Å². The smallest absolute Gasteiger partial charge is 0.251 e. The zero-order valence-corrected chi connectivity index (χ0v) is 16.2. The van der Waals surface area contributed by atoms with Crippen LogP contribution in [-0.4, -0.2) is 36.3 Å². The lowest BCUT2D eigenvalue weighted by atomic mass is 9.96. The molecule has 2 heterocycles. The van der Waals surface area contributed by atoms with E-state index in [-0.39, 0.29) is 11.8 Å². The van der Waals surface area contributed by atoms with E-state index in [1.54, 1.807) is 42.7 Å². The van der Waals surface area contributed by atoms with Crippen LogP contribution in [0.3, 0.4) is 0 Å². The summed E-state index contributed by atoms with van der Waals surface area (Å²) in [6.45, 7) is 1.91. The summed E-state index contributed by atoms with van der Waals surface area (Å²) < 4.78 is 5.18. The van der Waals surface area contributed by atoms with Gasteiger partial charge in [-0.15, -0.1) is 0 Å². The summed E-state index contributed by atoms with van der Waals surface area (Å²) >= 11 is 11.9. The molecule has 1 aromatic heterocycles. The van der Waals surface area contributed by atoms with Crippen LogP contribution in [0.5, 0.6) is 0 Å². The molecule has 0 bridgehead atoms. The Hall–Kier alpha value is -2.24. The average molecular weight is 407 g/mol. The third kappa shape index (κ3) is 5.62. The predicted molar refractivity (Wildman–Crippen MR) is 106 cm³/mol. The van der Waals surface area contributed by atoms with Crippen LogP contribution in [-0.2, 0) is 4.79 Å². The maximum atomic E-state index is 12.3. The van der Waals surface area contributed by atoms with Crippen molar-refractivity contribution in [1.29, 1.82) is 0 Å². The molecular formula is C20H20Cl2N2O3. The first kappa shape index (κ1) is 19.5. The van der Waals surface area contributed by atoms with Gasteiger partial charge in [0.1, 0.15) is 5.76 Å². The fraction of sp³-hybridized carbons (Fsp3) is 0.300. The number of likely N-dealkylation sites (tertiary alicyclic amines) is 1. The van der Waals surface area contributed by atoms with Crippen LogP contribution in [0.1, 0.15) is 29.0 Å². The number of piperidine rings is 1. The SMILES string of the molecule is O=C(NCC1CCN(C(=O)/C=C/c2ccco2)CC1)c1cc(Cl)cc(Cl)c1. The van der Waals surface area contributed by atoms with E-state index in [0.29, 0.717) is 46.9 Å². The molecule has 0 aliphatic carbocycles. The van der Waals surface area contributed by atoms with Gasteiger partial charge >= 0.3 is 0 Å². The number of nitrogens with zero attached hydrogens (tertiary/aromatic N) is 1. The fourth-order valence-corrected chi connectivity index (χ4v) is 3.55. The van der Waals surface area contributed by atoms with Crippen LogP contribution < -0.4 is 5.32 Å². The van der Waals surface area contributed by atoms with Crippen LogP contribution in [0, 0.1) is 5.92 Å².